The number of fused-ring (bicyclic) bond motifs is 1. The Morgan fingerprint density at radius 2 is 2.10 bits per heavy atom. The van der Waals surface area contributed by atoms with E-state index in [4.69, 9.17) is 5.73 Å². The van der Waals surface area contributed by atoms with Gasteiger partial charge in [0, 0.05) is 25.2 Å². The third kappa shape index (κ3) is 2.89. The van der Waals surface area contributed by atoms with Crippen LogP contribution >= 0.6 is 0 Å². The zero-order valence-corrected chi connectivity index (χ0v) is 12.1. The Hall–Kier alpha value is -2.37. The number of nitrogens with two attached hydrogens (primary N) is 1. The van der Waals surface area contributed by atoms with Crippen LogP contribution in [0.4, 0.5) is 5.69 Å². The molecule has 2 aromatic rings. The fourth-order valence-electron chi connectivity index (χ4n) is 2.61. The molecular weight excluding hydrogens is 266 g/mol. The first-order valence-electron chi connectivity index (χ1n) is 7.13. The van der Waals surface area contributed by atoms with Crippen molar-refractivity contribution in [1.82, 2.24) is 19.7 Å². The van der Waals surface area contributed by atoms with Gasteiger partial charge in [0.2, 0.25) is 5.91 Å². The number of carbonyl (C=O) groups excluding carboxylic acids is 1. The molecule has 6 heteroatoms. The molecule has 3 rings (SSSR count). The summed E-state index contributed by atoms with van der Waals surface area (Å²) in [5, 5.41) is 7.92. The predicted molar refractivity (Wildman–Crippen MR) is 79.3 cm³/mol. The number of benzene rings is 1. The van der Waals surface area contributed by atoms with Crippen molar-refractivity contribution in [2.24, 2.45) is 0 Å². The summed E-state index contributed by atoms with van der Waals surface area (Å²) >= 11 is 0. The van der Waals surface area contributed by atoms with Gasteiger partial charge in [0.05, 0.1) is 6.54 Å². The highest BCUT2D eigenvalue weighted by molar-refractivity contribution is 5.77. The Bertz CT molecular complexity index is 634. The van der Waals surface area contributed by atoms with Gasteiger partial charge < -0.3 is 15.2 Å². The van der Waals surface area contributed by atoms with Crippen LogP contribution in [0.1, 0.15) is 30.7 Å². The molecule has 1 amide bonds. The lowest BCUT2D eigenvalue weighted by molar-refractivity contribution is -0.133. The third-order valence-electron chi connectivity index (χ3n) is 3.98. The van der Waals surface area contributed by atoms with Crippen molar-refractivity contribution >= 4 is 11.6 Å². The van der Waals surface area contributed by atoms with Crippen LogP contribution in [-0.4, -0.2) is 32.1 Å². The van der Waals surface area contributed by atoms with Crippen molar-refractivity contribution in [3.8, 4) is 0 Å². The van der Waals surface area contributed by atoms with Crippen LogP contribution in [0.5, 0.6) is 0 Å². The quantitative estimate of drug-likeness (QED) is 0.865. The fourth-order valence-corrected chi connectivity index (χ4v) is 2.61. The van der Waals surface area contributed by atoms with Crippen molar-refractivity contribution in [3.05, 3.63) is 42.0 Å². The zero-order valence-electron chi connectivity index (χ0n) is 12.1. The molecule has 0 saturated heterocycles. The first kappa shape index (κ1) is 13.6. The lowest BCUT2D eigenvalue weighted by Gasteiger charge is -2.28. The SMILES string of the molecule is CC(CC(=O)N1CCn2cnnc2C1)c1ccc(N)cc1. The van der Waals surface area contributed by atoms with Gasteiger partial charge in [0.25, 0.3) is 0 Å². The Labute approximate surface area is 123 Å². The van der Waals surface area contributed by atoms with E-state index in [9.17, 15) is 4.79 Å². The molecule has 0 fully saturated rings. The van der Waals surface area contributed by atoms with E-state index in [2.05, 4.69) is 17.1 Å². The molecule has 6 nitrogen and oxygen atoms in total. The zero-order chi connectivity index (χ0) is 14.8. The van der Waals surface area contributed by atoms with E-state index in [1.165, 1.54) is 0 Å². The highest BCUT2D eigenvalue weighted by atomic mass is 16.2. The summed E-state index contributed by atoms with van der Waals surface area (Å²) in [7, 11) is 0. The molecule has 1 aromatic carbocycles. The minimum absolute atomic E-state index is 0.161. The van der Waals surface area contributed by atoms with E-state index in [1.807, 2.05) is 33.7 Å². The van der Waals surface area contributed by atoms with Crippen LogP contribution < -0.4 is 5.73 Å². The number of anilines is 1. The molecule has 1 aliphatic heterocycles. The monoisotopic (exact) mass is 285 g/mol. The molecule has 0 saturated carbocycles. The van der Waals surface area contributed by atoms with Gasteiger partial charge in [-0.1, -0.05) is 19.1 Å². The second-order valence-corrected chi connectivity index (χ2v) is 5.53. The maximum Gasteiger partial charge on any atom is 0.223 e. The molecule has 2 N–H and O–H groups in total. The average molecular weight is 285 g/mol. The molecule has 0 bridgehead atoms. The average Bonchev–Trinajstić information content (AvgIpc) is 2.95. The highest BCUT2D eigenvalue weighted by Gasteiger charge is 2.23. The Morgan fingerprint density at radius 1 is 1.33 bits per heavy atom. The molecular formula is C15H19N5O. The number of carbonyl (C=O) groups is 1. The number of hydrogen-bond donors (Lipinski definition) is 1. The van der Waals surface area contributed by atoms with Gasteiger partial charge in [-0.3, -0.25) is 4.79 Å². The smallest absolute Gasteiger partial charge is 0.223 e. The normalized spacial score (nSPS) is 15.6. The van der Waals surface area contributed by atoms with Crippen molar-refractivity contribution in [2.45, 2.75) is 32.4 Å². The van der Waals surface area contributed by atoms with Crippen molar-refractivity contribution in [1.29, 1.82) is 0 Å². The predicted octanol–water partition coefficient (Wildman–Crippen LogP) is 1.40. The minimum atomic E-state index is 0.161. The molecule has 21 heavy (non-hydrogen) atoms. The number of hydrogen-bond acceptors (Lipinski definition) is 4. The maximum absolute atomic E-state index is 12.4. The number of amides is 1. The molecule has 1 unspecified atom stereocenters. The Morgan fingerprint density at radius 3 is 2.86 bits per heavy atom. The van der Waals surface area contributed by atoms with Gasteiger partial charge in [0.15, 0.2) is 5.82 Å². The first-order chi connectivity index (χ1) is 10.1. The van der Waals surface area contributed by atoms with Crippen LogP contribution in [0.3, 0.4) is 0 Å². The number of nitrogen functional groups attached to an aromatic ring is 1. The minimum Gasteiger partial charge on any atom is -0.399 e. The van der Waals surface area contributed by atoms with Crippen LogP contribution in [0.15, 0.2) is 30.6 Å². The van der Waals surface area contributed by atoms with Crippen molar-refractivity contribution in [3.63, 3.8) is 0 Å². The highest BCUT2D eigenvalue weighted by Crippen LogP contribution is 2.22. The summed E-state index contributed by atoms with van der Waals surface area (Å²) in [4.78, 5) is 14.3. The van der Waals surface area contributed by atoms with Gasteiger partial charge in [-0.05, 0) is 23.6 Å². The lowest BCUT2D eigenvalue weighted by atomic mass is 9.97. The van der Waals surface area contributed by atoms with E-state index in [0.29, 0.717) is 13.0 Å². The van der Waals surface area contributed by atoms with E-state index in [1.54, 1.807) is 6.33 Å². The van der Waals surface area contributed by atoms with Gasteiger partial charge in [-0.2, -0.15) is 0 Å². The molecule has 1 aliphatic rings. The summed E-state index contributed by atoms with van der Waals surface area (Å²) < 4.78 is 1.99. The fraction of sp³-hybridized carbons (Fsp3) is 0.400. The number of nitrogens with zero attached hydrogens (tertiary/aromatic N) is 4. The molecule has 0 spiro atoms. The van der Waals surface area contributed by atoms with Crippen LogP contribution in [0, 0.1) is 0 Å². The van der Waals surface area contributed by atoms with E-state index in [-0.39, 0.29) is 11.8 Å². The molecule has 1 aromatic heterocycles. The van der Waals surface area contributed by atoms with Crippen molar-refractivity contribution < 1.29 is 4.79 Å². The summed E-state index contributed by atoms with van der Waals surface area (Å²) in [5.74, 6) is 1.20. The lowest BCUT2D eigenvalue weighted by Crippen LogP contribution is -2.38. The number of aromatic nitrogens is 3. The summed E-state index contributed by atoms with van der Waals surface area (Å²) in [6.07, 6.45) is 2.21. The molecule has 1 atom stereocenters. The summed E-state index contributed by atoms with van der Waals surface area (Å²) in [5.41, 5.74) is 7.57. The Balaban J connectivity index is 1.63. The topological polar surface area (TPSA) is 77.0 Å². The largest absolute Gasteiger partial charge is 0.399 e. The molecule has 0 radical (unpaired) electrons. The van der Waals surface area contributed by atoms with Crippen LogP contribution in [0.2, 0.25) is 0 Å². The second-order valence-electron chi connectivity index (χ2n) is 5.53. The summed E-state index contributed by atoms with van der Waals surface area (Å²) in [6, 6.07) is 7.72. The van der Waals surface area contributed by atoms with Crippen LogP contribution in [0.25, 0.3) is 0 Å². The molecule has 2 heterocycles. The third-order valence-corrected chi connectivity index (χ3v) is 3.98. The first-order valence-corrected chi connectivity index (χ1v) is 7.13. The second kappa shape index (κ2) is 5.55. The number of rotatable bonds is 3. The molecule has 110 valence electrons. The van der Waals surface area contributed by atoms with E-state index < -0.39 is 0 Å². The van der Waals surface area contributed by atoms with Gasteiger partial charge in [-0.25, -0.2) is 0 Å². The van der Waals surface area contributed by atoms with E-state index >= 15 is 0 Å². The van der Waals surface area contributed by atoms with E-state index in [0.717, 1.165) is 30.2 Å². The van der Waals surface area contributed by atoms with Crippen LogP contribution in [-0.2, 0) is 17.9 Å². The molecule has 0 aliphatic carbocycles. The van der Waals surface area contributed by atoms with Gasteiger partial charge in [-0.15, -0.1) is 10.2 Å². The Kier molecular flexibility index (Phi) is 3.60. The van der Waals surface area contributed by atoms with Gasteiger partial charge in [0.1, 0.15) is 6.33 Å². The van der Waals surface area contributed by atoms with Gasteiger partial charge >= 0.3 is 0 Å². The standard InChI is InChI=1S/C15H19N5O/c1-11(12-2-4-13(16)5-3-12)8-15(21)19-6-7-20-10-17-18-14(20)9-19/h2-5,10-11H,6-9,16H2,1H3. The summed E-state index contributed by atoms with van der Waals surface area (Å²) in [6.45, 7) is 4.10. The van der Waals surface area contributed by atoms with Crippen molar-refractivity contribution in [2.75, 3.05) is 12.3 Å². The maximum atomic E-state index is 12.4.